The summed E-state index contributed by atoms with van der Waals surface area (Å²) in [5, 5.41) is 10.3. The smallest absolute Gasteiger partial charge is 0.343 e. The van der Waals surface area contributed by atoms with Crippen LogP contribution >= 0.6 is 0 Å². The quantitative estimate of drug-likeness (QED) is 0.146. The number of hydrogen-bond donors (Lipinski definition) is 3. The van der Waals surface area contributed by atoms with Gasteiger partial charge in [0.15, 0.2) is 0 Å². The van der Waals surface area contributed by atoms with E-state index < -0.39 is 5.97 Å². The highest BCUT2D eigenvalue weighted by Gasteiger charge is 2.08. The lowest BCUT2D eigenvalue weighted by atomic mass is 10.1. The Morgan fingerprint density at radius 3 is 2.30 bits per heavy atom. The van der Waals surface area contributed by atoms with Gasteiger partial charge in [-0.25, -0.2) is 4.79 Å². The van der Waals surface area contributed by atoms with Crippen LogP contribution in [-0.4, -0.2) is 23.8 Å². The van der Waals surface area contributed by atoms with Crippen LogP contribution in [0.2, 0.25) is 0 Å². The lowest BCUT2D eigenvalue weighted by molar-refractivity contribution is -0.117. The third-order valence-corrected chi connectivity index (χ3v) is 4.28. The van der Waals surface area contributed by atoms with Gasteiger partial charge in [-0.1, -0.05) is 43.7 Å². The molecule has 0 aliphatic heterocycles. The lowest BCUT2D eigenvalue weighted by Gasteiger charge is -2.09. The SMILES string of the molecule is CCCC(C)NC(=O)/C=C/C=C/c1ccc(C(=O)Oc2ccc(C(=N)N)cc2)cc1. The molecule has 2 aromatic rings. The molecule has 6 heteroatoms. The third kappa shape index (κ3) is 7.39. The van der Waals surface area contributed by atoms with Crippen LogP contribution in [-0.2, 0) is 4.79 Å². The van der Waals surface area contributed by atoms with Gasteiger partial charge >= 0.3 is 5.97 Å². The number of esters is 1. The monoisotopic (exact) mass is 405 g/mol. The van der Waals surface area contributed by atoms with Gasteiger partial charge in [0.1, 0.15) is 11.6 Å². The first-order valence-corrected chi connectivity index (χ1v) is 9.81. The van der Waals surface area contributed by atoms with Gasteiger partial charge in [-0.05, 0) is 55.3 Å². The van der Waals surface area contributed by atoms with Gasteiger partial charge in [0.05, 0.1) is 5.56 Å². The zero-order valence-electron chi connectivity index (χ0n) is 17.2. The molecule has 0 saturated carbocycles. The second-order valence-electron chi connectivity index (χ2n) is 6.87. The molecule has 0 radical (unpaired) electrons. The van der Waals surface area contributed by atoms with Crippen LogP contribution in [0.4, 0.5) is 0 Å². The van der Waals surface area contributed by atoms with Gasteiger partial charge in [-0.15, -0.1) is 0 Å². The summed E-state index contributed by atoms with van der Waals surface area (Å²) in [5.41, 5.74) is 7.28. The van der Waals surface area contributed by atoms with E-state index in [2.05, 4.69) is 12.2 Å². The van der Waals surface area contributed by atoms with E-state index >= 15 is 0 Å². The summed E-state index contributed by atoms with van der Waals surface area (Å²) < 4.78 is 5.32. The van der Waals surface area contributed by atoms with Crippen molar-refractivity contribution >= 4 is 23.8 Å². The van der Waals surface area contributed by atoms with Crippen molar-refractivity contribution in [2.24, 2.45) is 5.73 Å². The van der Waals surface area contributed by atoms with Crippen molar-refractivity contribution in [3.05, 3.63) is 83.4 Å². The number of allylic oxidation sites excluding steroid dienone is 2. The highest BCUT2D eigenvalue weighted by molar-refractivity contribution is 5.95. The molecule has 30 heavy (non-hydrogen) atoms. The summed E-state index contributed by atoms with van der Waals surface area (Å²) in [6.07, 6.45) is 8.77. The maximum Gasteiger partial charge on any atom is 0.343 e. The number of nitrogen functional groups attached to an aromatic ring is 1. The van der Waals surface area contributed by atoms with Crippen molar-refractivity contribution in [1.82, 2.24) is 5.32 Å². The number of carbonyl (C=O) groups excluding carboxylic acids is 2. The van der Waals surface area contributed by atoms with Crippen LogP contribution < -0.4 is 15.8 Å². The molecule has 156 valence electrons. The van der Waals surface area contributed by atoms with E-state index in [9.17, 15) is 9.59 Å². The standard InChI is InChI=1S/C24H27N3O3/c1-3-6-17(2)27-22(28)8-5-4-7-18-9-11-20(12-10-18)24(29)30-21-15-13-19(14-16-21)23(25)26/h4-5,7-17H,3,6H2,1-2H3,(H3,25,26)(H,27,28)/b7-4+,8-5+. The Morgan fingerprint density at radius 2 is 1.70 bits per heavy atom. The first-order valence-electron chi connectivity index (χ1n) is 9.81. The van der Waals surface area contributed by atoms with Crippen LogP contribution in [0.1, 0.15) is 48.2 Å². The summed E-state index contributed by atoms with van der Waals surface area (Å²) in [4.78, 5) is 24.0. The van der Waals surface area contributed by atoms with E-state index in [1.54, 1.807) is 60.7 Å². The van der Waals surface area contributed by atoms with Gasteiger partial charge < -0.3 is 15.8 Å². The second kappa shape index (κ2) is 11.4. The van der Waals surface area contributed by atoms with E-state index in [-0.39, 0.29) is 17.8 Å². The van der Waals surface area contributed by atoms with Gasteiger partial charge in [-0.2, -0.15) is 0 Å². The molecule has 0 aromatic heterocycles. The molecule has 0 aliphatic rings. The predicted molar refractivity (Wildman–Crippen MR) is 120 cm³/mol. The Bertz CT molecular complexity index is 929. The molecular weight excluding hydrogens is 378 g/mol. The van der Waals surface area contributed by atoms with Gasteiger partial charge in [0, 0.05) is 17.7 Å². The minimum Gasteiger partial charge on any atom is -0.423 e. The number of amides is 1. The number of nitrogens with one attached hydrogen (secondary N) is 2. The van der Waals surface area contributed by atoms with Crippen molar-refractivity contribution in [3.8, 4) is 5.75 Å². The van der Waals surface area contributed by atoms with E-state index in [0.717, 1.165) is 18.4 Å². The van der Waals surface area contributed by atoms with Gasteiger partial charge in [0.2, 0.25) is 5.91 Å². The predicted octanol–water partition coefficient (Wildman–Crippen LogP) is 4.06. The molecule has 0 heterocycles. The fourth-order valence-corrected chi connectivity index (χ4v) is 2.70. The summed E-state index contributed by atoms with van der Waals surface area (Å²) in [6.45, 7) is 4.07. The van der Waals surface area contributed by atoms with Gasteiger partial charge in [-0.3, -0.25) is 10.2 Å². The summed E-state index contributed by atoms with van der Waals surface area (Å²) in [6, 6.07) is 13.5. The zero-order chi connectivity index (χ0) is 21.9. The van der Waals surface area contributed by atoms with E-state index in [1.165, 1.54) is 6.08 Å². The van der Waals surface area contributed by atoms with Crippen molar-refractivity contribution < 1.29 is 14.3 Å². The number of carbonyl (C=O) groups is 2. The van der Waals surface area contributed by atoms with Crippen molar-refractivity contribution in [2.45, 2.75) is 32.7 Å². The molecule has 0 fully saturated rings. The van der Waals surface area contributed by atoms with Crippen molar-refractivity contribution in [3.63, 3.8) is 0 Å². The molecule has 0 bridgehead atoms. The second-order valence-corrected chi connectivity index (χ2v) is 6.87. The van der Waals surface area contributed by atoms with Gasteiger partial charge in [0.25, 0.3) is 0 Å². The molecule has 1 unspecified atom stereocenters. The Labute approximate surface area is 177 Å². The minimum absolute atomic E-state index is 0.0435. The highest BCUT2D eigenvalue weighted by Crippen LogP contribution is 2.15. The molecule has 1 atom stereocenters. The molecule has 1 amide bonds. The van der Waals surface area contributed by atoms with Crippen LogP contribution in [0.5, 0.6) is 5.75 Å². The number of nitrogens with two attached hydrogens (primary N) is 1. The van der Waals surface area contributed by atoms with Crippen LogP contribution in [0.25, 0.3) is 6.08 Å². The number of amidine groups is 1. The summed E-state index contributed by atoms with van der Waals surface area (Å²) >= 11 is 0. The topological polar surface area (TPSA) is 105 Å². The normalized spacial score (nSPS) is 12.1. The molecule has 2 aromatic carbocycles. The maximum atomic E-state index is 12.3. The Morgan fingerprint density at radius 1 is 1.07 bits per heavy atom. The Hall–Kier alpha value is -3.67. The maximum absolute atomic E-state index is 12.3. The molecule has 2 rings (SSSR count). The zero-order valence-corrected chi connectivity index (χ0v) is 17.2. The third-order valence-electron chi connectivity index (χ3n) is 4.28. The van der Waals surface area contributed by atoms with Crippen LogP contribution in [0.3, 0.4) is 0 Å². The molecule has 0 saturated heterocycles. The number of hydrogen-bond acceptors (Lipinski definition) is 4. The molecule has 0 spiro atoms. The van der Waals surface area contributed by atoms with E-state index in [4.69, 9.17) is 15.9 Å². The van der Waals surface area contributed by atoms with Crippen LogP contribution in [0.15, 0.2) is 66.8 Å². The van der Waals surface area contributed by atoms with Crippen molar-refractivity contribution in [1.29, 1.82) is 5.41 Å². The van der Waals surface area contributed by atoms with Crippen molar-refractivity contribution in [2.75, 3.05) is 0 Å². The fourth-order valence-electron chi connectivity index (χ4n) is 2.70. The largest absolute Gasteiger partial charge is 0.423 e. The number of ether oxygens (including phenoxy) is 1. The Balaban J connectivity index is 1.88. The Kier molecular flexibility index (Phi) is 8.56. The lowest BCUT2D eigenvalue weighted by Crippen LogP contribution is -2.30. The average molecular weight is 405 g/mol. The minimum atomic E-state index is -0.473. The number of rotatable bonds is 9. The molecule has 6 nitrogen and oxygen atoms in total. The average Bonchev–Trinajstić information content (AvgIpc) is 2.72. The molecular formula is C24H27N3O3. The van der Waals surface area contributed by atoms with E-state index in [0.29, 0.717) is 16.9 Å². The summed E-state index contributed by atoms with van der Waals surface area (Å²) in [7, 11) is 0. The van der Waals surface area contributed by atoms with E-state index in [1.807, 2.05) is 13.0 Å². The number of benzene rings is 2. The fraction of sp³-hybridized carbons (Fsp3) is 0.208. The highest BCUT2D eigenvalue weighted by atomic mass is 16.5. The summed E-state index contributed by atoms with van der Waals surface area (Å²) in [5.74, 6) is -0.252. The first-order chi connectivity index (χ1) is 14.4. The first kappa shape index (κ1) is 22.6. The van der Waals surface area contributed by atoms with Crippen LogP contribution in [0, 0.1) is 5.41 Å². The molecule has 0 aliphatic carbocycles. The molecule has 4 N–H and O–H groups in total.